The predicted octanol–water partition coefficient (Wildman–Crippen LogP) is 4.76. The van der Waals surface area contributed by atoms with Gasteiger partial charge in [0.05, 0.1) is 5.92 Å². The molecule has 172 valence electrons. The molecule has 32 heavy (non-hydrogen) atoms. The molecule has 0 aliphatic carbocycles. The first-order valence-electron chi connectivity index (χ1n) is 12.4. The summed E-state index contributed by atoms with van der Waals surface area (Å²) in [6.45, 7) is 11.4. The molecule has 2 unspecified atom stereocenters. The van der Waals surface area contributed by atoms with Crippen LogP contribution in [0.25, 0.3) is 0 Å². The summed E-state index contributed by atoms with van der Waals surface area (Å²) in [5, 5.41) is 3.22. The van der Waals surface area contributed by atoms with Crippen molar-refractivity contribution in [3.8, 4) is 0 Å². The molecule has 2 aromatic rings. The largest absolute Gasteiger partial charge is 0.352 e. The molecule has 2 fully saturated rings. The van der Waals surface area contributed by atoms with Crippen LogP contribution in [-0.2, 0) is 24.4 Å². The fraction of sp³-hybridized carbons (Fsp3) is 0.536. The van der Waals surface area contributed by atoms with Gasteiger partial charge in [0.15, 0.2) is 0 Å². The van der Waals surface area contributed by atoms with Gasteiger partial charge in [0.1, 0.15) is 0 Å². The number of benzene rings is 2. The molecule has 4 nitrogen and oxygen atoms in total. The van der Waals surface area contributed by atoms with Crippen molar-refractivity contribution in [1.82, 2.24) is 15.1 Å². The van der Waals surface area contributed by atoms with Crippen LogP contribution >= 0.6 is 0 Å². The van der Waals surface area contributed by atoms with Gasteiger partial charge in [-0.25, -0.2) is 0 Å². The number of hydrogen-bond acceptors (Lipinski definition) is 3. The van der Waals surface area contributed by atoms with Gasteiger partial charge in [-0.3, -0.25) is 14.6 Å². The fourth-order valence-electron chi connectivity index (χ4n) is 5.30. The maximum Gasteiger partial charge on any atom is 0.224 e. The summed E-state index contributed by atoms with van der Waals surface area (Å²) in [6.07, 6.45) is 4.74. The Morgan fingerprint density at radius 1 is 0.938 bits per heavy atom. The van der Waals surface area contributed by atoms with Crippen LogP contribution in [0.1, 0.15) is 54.9 Å². The van der Waals surface area contributed by atoms with E-state index in [0.717, 1.165) is 44.9 Å². The quantitative estimate of drug-likeness (QED) is 0.684. The summed E-state index contributed by atoms with van der Waals surface area (Å²) in [4.78, 5) is 17.9. The van der Waals surface area contributed by atoms with Crippen molar-refractivity contribution in [3.05, 3.63) is 70.8 Å². The Bertz CT molecular complexity index is 896. The Morgan fingerprint density at radius 3 is 2.50 bits per heavy atom. The van der Waals surface area contributed by atoms with E-state index in [2.05, 4.69) is 77.5 Å². The molecule has 0 radical (unpaired) electrons. The molecule has 1 amide bonds. The summed E-state index contributed by atoms with van der Waals surface area (Å²) in [5.41, 5.74) is 5.26. The zero-order chi connectivity index (χ0) is 22.3. The van der Waals surface area contributed by atoms with Crippen molar-refractivity contribution in [3.63, 3.8) is 0 Å². The molecule has 2 saturated heterocycles. The minimum atomic E-state index is 0.0887. The van der Waals surface area contributed by atoms with Crippen molar-refractivity contribution in [2.75, 3.05) is 26.2 Å². The lowest BCUT2D eigenvalue weighted by molar-refractivity contribution is -0.126. The van der Waals surface area contributed by atoms with Crippen LogP contribution in [0.2, 0.25) is 0 Å². The maximum absolute atomic E-state index is 12.9. The van der Waals surface area contributed by atoms with Gasteiger partial charge >= 0.3 is 0 Å². The van der Waals surface area contributed by atoms with Crippen molar-refractivity contribution >= 4 is 5.91 Å². The summed E-state index contributed by atoms with van der Waals surface area (Å²) < 4.78 is 0. The molecule has 2 atom stereocenters. The van der Waals surface area contributed by atoms with Crippen LogP contribution in [-0.4, -0.2) is 41.9 Å². The molecular formula is C28H39N3O. The van der Waals surface area contributed by atoms with Crippen LogP contribution in [0.5, 0.6) is 0 Å². The lowest BCUT2D eigenvalue weighted by Crippen LogP contribution is -2.42. The molecule has 0 spiro atoms. The third-order valence-electron chi connectivity index (χ3n) is 7.14. The number of nitrogens with one attached hydrogen (secondary N) is 1. The number of aryl methyl sites for hydroxylation is 1. The van der Waals surface area contributed by atoms with Gasteiger partial charge in [-0.2, -0.15) is 0 Å². The summed E-state index contributed by atoms with van der Waals surface area (Å²) in [5.74, 6) is 1.09. The normalized spacial score (nSPS) is 22.6. The van der Waals surface area contributed by atoms with Crippen molar-refractivity contribution in [2.24, 2.45) is 11.8 Å². The van der Waals surface area contributed by atoms with Gasteiger partial charge in [0.25, 0.3) is 0 Å². The number of piperidine rings is 2. The number of hydrogen-bond donors (Lipinski definition) is 1. The first kappa shape index (κ1) is 23.0. The molecule has 2 aliphatic heterocycles. The van der Waals surface area contributed by atoms with E-state index < -0.39 is 0 Å². The van der Waals surface area contributed by atoms with Crippen LogP contribution in [0.4, 0.5) is 0 Å². The second-order valence-corrected chi connectivity index (χ2v) is 10.0. The average molecular weight is 434 g/mol. The molecule has 2 aliphatic rings. The minimum Gasteiger partial charge on any atom is -0.352 e. The van der Waals surface area contributed by atoms with Crippen LogP contribution in [0, 0.1) is 18.8 Å². The predicted molar refractivity (Wildman–Crippen MR) is 131 cm³/mol. The first-order chi connectivity index (χ1) is 15.6. The molecule has 2 heterocycles. The highest BCUT2D eigenvalue weighted by molar-refractivity contribution is 5.79. The SMILES string of the molecule is Cc1ccccc1CN1CCCC(C(=O)NCc2cccc(CN3CCCC(C)C3)c2)C1. The second kappa shape index (κ2) is 11.1. The summed E-state index contributed by atoms with van der Waals surface area (Å²) in [6, 6.07) is 17.3. The topological polar surface area (TPSA) is 35.6 Å². The molecule has 2 aromatic carbocycles. The third-order valence-corrected chi connectivity index (χ3v) is 7.14. The molecule has 0 saturated carbocycles. The van der Waals surface area contributed by atoms with E-state index in [1.54, 1.807) is 0 Å². The fourth-order valence-corrected chi connectivity index (χ4v) is 5.30. The van der Waals surface area contributed by atoms with Gasteiger partial charge in [0, 0.05) is 32.7 Å². The third kappa shape index (κ3) is 6.43. The zero-order valence-corrected chi connectivity index (χ0v) is 19.9. The number of amides is 1. The Kier molecular flexibility index (Phi) is 7.99. The lowest BCUT2D eigenvalue weighted by atomic mass is 9.96. The zero-order valence-electron chi connectivity index (χ0n) is 19.9. The van der Waals surface area contributed by atoms with E-state index in [9.17, 15) is 4.79 Å². The van der Waals surface area contributed by atoms with Gasteiger partial charge in [-0.1, -0.05) is 55.5 Å². The Hall–Kier alpha value is -2.17. The van der Waals surface area contributed by atoms with E-state index >= 15 is 0 Å². The first-order valence-corrected chi connectivity index (χ1v) is 12.4. The van der Waals surface area contributed by atoms with Gasteiger partial charge in [-0.15, -0.1) is 0 Å². The monoisotopic (exact) mass is 433 g/mol. The molecular weight excluding hydrogens is 394 g/mol. The smallest absolute Gasteiger partial charge is 0.224 e. The molecule has 1 N–H and O–H groups in total. The van der Waals surface area contributed by atoms with Crippen LogP contribution < -0.4 is 5.32 Å². The van der Waals surface area contributed by atoms with E-state index in [0.29, 0.717) is 6.54 Å². The van der Waals surface area contributed by atoms with Gasteiger partial charge in [-0.05, 0) is 73.9 Å². The molecule has 4 rings (SSSR count). The summed E-state index contributed by atoms with van der Waals surface area (Å²) >= 11 is 0. The Balaban J connectivity index is 1.27. The Morgan fingerprint density at radius 2 is 1.69 bits per heavy atom. The van der Waals surface area contributed by atoms with Crippen LogP contribution in [0.3, 0.4) is 0 Å². The number of rotatable bonds is 7. The van der Waals surface area contributed by atoms with Crippen molar-refractivity contribution in [2.45, 2.75) is 59.2 Å². The molecule has 0 bridgehead atoms. The second-order valence-electron chi connectivity index (χ2n) is 10.0. The lowest BCUT2D eigenvalue weighted by Gasteiger charge is -2.32. The maximum atomic E-state index is 12.9. The van der Waals surface area contributed by atoms with Crippen molar-refractivity contribution in [1.29, 1.82) is 0 Å². The highest BCUT2D eigenvalue weighted by atomic mass is 16.1. The minimum absolute atomic E-state index is 0.0887. The van der Waals surface area contributed by atoms with E-state index in [4.69, 9.17) is 0 Å². The van der Waals surface area contributed by atoms with Crippen LogP contribution in [0.15, 0.2) is 48.5 Å². The number of carbonyl (C=O) groups is 1. The van der Waals surface area contributed by atoms with Gasteiger partial charge < -0.3 is 5.32 Å². The van der Waals surface area contributed by atoms with E-state index in [-0.39, 0.29) is 11.8 Å². The highest BCUT2D eigenvalue weighted by Crippen LogP contribution is 2.21. The number of nitrogens with zero attached hydrogens (tertiary/aromatic N) is 2. The van der Waals surface area contributed by atoms with Gasteiger partial charge in [0.2, 0.25) is 5.91 Å². The molecule has 0 aromatic heterocycles. The summed E-state index contributed by atoms with van der Waals surface area (Å²) in [7, 11) is 0. The van der Waals surface area contributed by atoms with E-state index in [1.807, 2.05) is 0 Å². The highest BCUT2D eigenvalue weighted by Gasteiger charge is 2.26. The van der Waals surface area contributed by atoms with Crippen molar-refractivity contribution < 1.29 is 4.79 Å². The molecule has 4 heteroatoms. The average Bonchev–Trinajstić information content (AvgIpc) is 2.79. The van der Waals surface area contributed by atoms with E-state index in [1.165, 1.54) is 48.2 Å². The number of carbonyl (C=O) groups excluding carboxylic acids is 1. The Labute approximate surface area is 194 Å². The standard InChI is InChI=1S/C28H39N3O/c1-22-8-6-14-30(18-22)19-25-11-5-10-24(16-25)17-29-28(32)27-13-7-15-31(21-27)20-26-12-4-3-9-23(26)2/h3-5,9-12,16,22,27H,6-8,13-15,17-21H2,1-2H3,(H,29,32). The number of likely N-dealkylation sites (tertiary alicyclic amines) is 2.